The number of hydrogen-bond donors (Lipinski definition) is 1. The summed E-state index contributed by atoms with van der Waals surface area (Å²) in [5, 5.41) is 3.39. The largest absolute Gasteiger partial charge is 0.332 e. The zero-order chi connectivity index (χ0) is 8.67. The Morgan fingerprint density at radius 3 is 2.54 bits per heavy atom. The Hall–Kier alpha value is -1.16. The molecule has 2 aliphatic rings. The van der Waals surface area contributed by atoms with Crippen LogP contribution in [0.3, 0.4) is 0 Å². The van der Waals surface area contributed by atoms with E-state index >= 15 is 0 Å². The van der Waals surface area contributed by atoms with Gasteiger partial charge in [-0.25, -0.2) is 9.97 Å². The third-order valence-electron chi connectivity index (χ3n) is 2.87. The molecule has 2 saturated heterocycles. The first kappa shape index (κ1) is 7.26. The second-order valence-electron chi connectivity index (χ2n) is 3.66. The fraction of sp³-hybridized carbons (Fsp3) is 0.556. The van der Waals surface area contributed by atoms with Gasteiger partial charge in [-0.2, -0.15) is 0 Å². The zero-order valence-electron chi connectivity index (χ0n) is 7.35. The SMILES string of the molecule is c1cnc(N2C3CNCC2C3)nc1. The summed E-state index contributed by atoms with van der Waals surface area (Å²) in [7, 11) is 0. The molecule has 0 aromatic carbocycles. The van der Waals surface area contributed by atoms with E-state index in [0.717, 1.165) is 19.0 Å². The molecule has 2 unspecified atom stereocenters. The predicted molar refractivity (Wildman–Crippen MR) is 49.6 cm³/mol. The second kappa shape index (κ2) is 2.67. The Morgan fingerprint density at radius 2 is 1.92 bits per heavy atom. The van der Waals surface area contributed by atoms with Gasteiger partial charge in [0, 0.05) is 37.6 Å². The van der Waals surface area contributed by atoms with E-state index in [-0.39, 0.29) is 0 Å². The molecule has 0 spiro atoms. The van der Waals surface area contributed by atoms with E-state index in [1.165, 1.54) is 6.42 Å². The molecule has 68 valence electrons. The van der Waals surface area contributed by atoms with Crippen molar-refractivity contribution in [2.75, 3.05) is 18.0 Å². The molecular weight excluding hydrogens is 164 g/mol. The lowest BCUT2D eigenvalue weighted by molar-refractivity contribution is 0.258. The Bertz CT molecular complexity index is 286. The molecule has 0 aliphatic carbocycles. The van der Waals surface area contributed by atoms with Crippen molar-refractivity contribution in [2.45, 2.75) is 18.5 Å². The van der Waals surface area contributed by atoms with Gasteiger partial charge >= 0.3 is 0 Å². The summed E-state index contributed by atoms with van der Waals surface area (Å²) in [6, 6.07) is 3.11. The van der Waals surface area contributed by atoms with Crippen LogP contribution in [0.15, 0.2) is 18.5 Å². The highest BCUT2D eigenvalue weighted by atomic mass is 15.4. The minimum Gasteiger partial charge on any atom is -0.332 e. The quantitative estimate of drug-likeness (QED) is 0.655. The number of nitrogens with one attached hydrogen (secondary N) is 1. The molecule has 0 saturated carbocycles. The number of piperidine rings is 1. The molecule has 1 aromatic rings. The van der Waals surface area contributed by atoms with Gasteiger partial charge in [0.15, 0.2) is 0 Å². The monoisotopic (exact) mass is 176 g/mol. The summed E-state index contributed by atoms with van der Waals surface area (Å²) < 4.78 is 0. The van der Waals surface area contributed by atoms with E-state index in [9.17, 15) is 0 Å². The van der Waals surface area contributed by atoms with Gasteiger partial charge in [-0.3, -0.25) is 0 Å². The van der Waals surface area contributed by atoms with Crippen molar-refractivity contribution in [2.24, 2.45) is 0 Å². The highest BCUT2D eigenvalue weighted by Crippen LogP contribution is 2.31. The van der Waals surface area contributed by atoms with Gasteiger partial charge in [0.05, 0.1) is 0 Å². The van der Waals surface area contributed by atoms with Gasteiger partial charge in [-0.15, -0.1) is 0 Å². The third kappa shape index (κ3) is 1.02. The summed E-state index contributed by atoms with van der Waals surface area (Å²) in [6.07, 6.45) is 4.92. The molecule has 2 aliphatic heterocycles. The number of hydrogen-bond acceptors (Lipinski definition) is 4. The summed E-state index contributed by atoms with van der Waals surface area (Å²) in [4.78, 5) is 10.9. The van der Waals surface area contributed by atoms with Gasteiger partial charge in [-0.05, 0) is 12.5 Å². The lowest BCUT2D eigenvalue weighted by Gasteiger charge is -2.52. The summed E-state index contributed by atoms with van der Waals surface area (Å²) in [5.74, 6) is 0.894. The first-order valence-corrected chi connectivity index (χ1v) is 4.71. The van der Waals surface area contributed by atoms with Crippen LogP contribution < -0.4 is 10.2 Å². The van der Waals surface area contributed by atoms with Crippen LogP contribution in [-0.4, -0.2) is 35.1 Å². The van der Waals surface area contributed by atoms with Crippen LogP contribution in [0.2, 0.25) is 0 Å². The van der Waals surface area contributed by atoms with E-state index in [4.69, 9.17) is 0 Å². The molecule has 4 heteroatoms. The molecule has 1 aromatic heterocycles. The van der Waals surface area contributed by atoms with Gasteiger partial charge in [0.2, 0.25) is 5.95 Å². The Kier molecular flexibility index (Phi) is 1.49. The van der Waals surface area contributed by atoms with E-state index in [0.29, 0.717) is 12.1 Å². The zero-order valence-corrected chi connectivity index (χ0v) is 7.35. The van der Waals surface area contributed by atoms with Crippen LogP contribution in [0, 0.1) is 0 Å². The normalized spacial score (nSPS) is 31.2. The van der Waals surface area contributed by atoms with Crippen molar-refractivity contribution in [3.8, 4) is 0 Å². The molecule has 1 N–H and O–H groups in total. The van der Waals surface area contributed by atoms with Crippen LogP contribution in [-0.2, 0) is 0 Å². The second-order valence-corrected chi connectivity index (χ2v) is 3.66. The number of nitrogens with zero attached hydrogens (tertiary/aromatic N) is 3. The van der Waals surface area contributed by atoms with E-state index in [2.05, 4.69) is 20.2 Å². The molecule has 2 atom stereocenters. The minimum atomic E-state index is 0.626. The van der Waals surface area contributed by atoms with Crippen molar-refractivity contribution in [1.29, 1.82) is 0 Å². The number of rotatable bonds is 1. The molecule has 3 rings (SSSR count). The minimum absolute atomic E-state index is 0.626. The van der Waals surface area contributed by atoms with Crippen LogP contribution in [0.25, 0.3) is 0 Å². The topological polar surface area (TPSA) is 41.1 Å². The highest BCUT2D eigenvalue weighted by Gasteiger charge is 2.42. The number of fused-ring (bicyclic) bond motifs is 2. The Morgan fingerprint density at radius 1 is 1.23 bits per heavy atom. The molecule has 2 bridgehead atoms. The first-order valence-electron chi connectivity index (χ1n) is 4.71. The number of piperazine rings is 1. The van der Waals surface area contributed by atoms with E-state index < -0.39 is 0 Å². The van der Waals surface area contributed by atoms with Gasteiger partial charge in [0.1, 0.15) is 0 Å². The maximum absolute atomic E-state index is 4.27. The number of aromatic nitrogens is 2. The van der Waals surface area contributed by atoms with Gasteiger partial charge in [0.25, 0.3) is 0 Å². The molecule has 3 heterocycles. The van der Waals surface area contributed by atoms with Crippen LogP contribution >= 0.6 is 0 Å². The van der Waals surface area contributed by atoms with E-state index in [1.807, 2.05) is 18.5 Å². The molecule has 0 amide bonds. The molecular formula is C9H12N4. The van der Waals surface area contributed by atoms with Gasteiger partial charge < -0.3 is 10.2 Å². The summed E-state index contributed by atoms with van der Waals surface area (Å²) >= 11 is 0. The lowest BCUT2D eigenvalue weighted by atomic mass is 9.89. The maximum atomic E-state index is 4.27. The fourth-order valence-corrected chi connectivity index (χ4v) is 2.23. The van der Waals surface area contributed by atoms with Crippen molar-refractivity contribution in [3.63, 3.8) is 0 Å². The highest BCUT2D eigenvalue weighted by molar-refractivity contribution is 5.39. The van der Waals surface area contributed by atoms with Crippen LogP contribution in [0.5, 0.6) is 0 Å². The fourth-order valence-electron chi connectivity index (χ4n) is 2.23. The Balaban J connectivity index is 1.87. The molecule has 4 nitrogen and oxygen atoms in total. The smallest absolute Gasteiger partial charge is 0.225 e. The Labute approximate surface area is 77.0 Å². The van der Waals surface area contributed by atoms with Crippen LogP contribution in [0.4, 0.5) is 5.95 Å². The molecule has 2 fully saturated rings. The molecule has 0 radical (unpaired) electrons. The van der Waals surface area contributed by atoms with E-state index in [1.54, 1.807) is 0 Å². The predicted octanol–water partition coefficient (Wildman–Crippen LogP) is 0.0271. The lowest BCUT2D eigenvalue weighted by Crippen LogP contribution is -2.68. The number of anilines is 1. The van der Waals surface area contributed by atoms with Crippen molar-refractivity contribution in [3.05, 3.63) is 18.5 Å². The summed E-state index contributed by atoms with van der Waals surface area (Å²) in [6.45, 7) is 2.16. The van der Waals surface area contributed by atoms with Gasteiger partial charge in [-0.1, -0.05) is 0 Å². The van der Waals surface area contributed by atoms with Crippen molar-refractivity contribution >= 4 is 5.95 Å². The van der Waals surface area contributed by atoms with Crippen LogP contribution in [0.1, 0.15) is 6.42 Å². The van der Waals surface area contributed by atoms with Crippen molar-refractivity contribution < 1.29 is 0 Å². The molecule has 13 heavy (non-hydrogen) atoms. The van der Waals surface area contributed by atoms with Crippen molar-refractivity contribution in [1.82, 2.24) is 15.3 Å². The third-order valence-corrected chi connectivity index (χ3v) is 2.87. The average Bonchev–Trinajstić information content (AvgIpc) is 2.20. The maximum Gasteiger partial charge on any atom is 0.225 e. The first-order chi connectivity index (χ1) is 6.45. The summed E-state index contributed by atoms with van der Waals surface area (Å²) in [5.41, 5.74) is 0. The standard InChI is InChI=1S/C9H12N4/c1-2-11-9(12-3-1)13-7-4-8(13)6-10-5-7/h1-3,7-8,10H,4-6H2. The average molecular weight is 176 g/mol.